The normalized spacial score (nSPS) is 12.9. The molecule has 1 unspecified atom stereocenters. The van der Waals surface area contributed by atoms with E-state index in [2.05, 4.69) is 29.4 Å². The van der Waals surface area contributed by atoms with E-state index in [9.17, 15) is 0 Å². The summed E-state index contributed by atoms with van der Waals surface area (Å²) in [5.74, 6) is 0. The number of nitrogens with zero attached hydrogens (tertiary/aromatic N) is 1. The smallest absolute Gasteiger partial charge is 0.0705 e. The van der Waals surface area contributed by atoms with Gasteiger partial charge in [-0.05, 0) is 24.6 Å². The molecule has 0 spiro atoms. The van der Waals surface area contributed by atoms with Gasteiger partial charge in [0, 0.05) is 30.7 Å². The molecular weight excluding hydrogens is 198 g/mol. The summed E-state index contributed by atoms with van der Waals surface area (Å²) < 4.78 is 0. The molecule has 84 valence electrons. The van der Waals surface area contributed by atoms with Crippen molar-refractivity contribution in [1.82, 2.24) is 10.3 Å². The molecule has 0 fully saturated rings. The van der Waals surface area contributed by atoms with Crippen LogP contribution in [-0.4, -0.2) is 17.6 Å². The average Bonchev–Trinajstić information content (AvgIpc) is 2.35. The van der Waals surface area contributed by atoms with Crippen molar-refractivity contribution in [2.45, 2.75) is 19.5 Å². The number of nitrogens with two attached hydrogens (primary N) is 1. The molecule has 3 nitrogen and oxygen atoms in total. The minimum absolute atomic E-state index is 0.340. The molecule has 2 rings (SSSR count). The lowest BCUT2D eigenvalue weighted by molar-refractivity contribution is 0.558. The van der Waals surface area contributed by atoms with Crippen molar-refractivity contribution in [3.8, 4) is 0 Å². The maximum Gasteiger partial charge on any atom is 0.0705 e. The standard InChI is InChI=1S/C13H17N3/c1-10(8-14)16-9-11-6-7-15-13-5-3-2-4-12(11)13/h2-7,10,16H,8-9,14H2,1H3. The molecule has 2 aromatic rings. The summed E-state index contributed by atoms with van der Waals surface area (Å²) >= 11 is 0. The van der Waals surface area contributed by atoms with Crippen molar-refractivity contribution in [3.05, 3.63) is 42.1 Å². The van der Waals surface area contributed by atoms with Crippen molar-refractivity contribution >= 4 is 10.9 Å². The quantitative estimate of drug-likeness (QED) is 0.815. The Morgan fingerprint density at radius 1 is 1.31 bits per heavy atom. The van der Waals surface area contributed by atoms with Crippen molar-refractivity contribution in [2.24, 2.45) is 5.73 Å². The Morgan fingerprint density at radius 2 is 2.12 bits per heavy atom. The zero-order valence-corrected chi connectivity index (χ0v) is 9.48. The van der Waals surface area contributed by atoms with E-state index >= 15 is 0 Å². The molecule has 0 saturated heterocycles. The highest BCUT2D eigenvalue weighted by Gasteiger charge is 2.02. The van der Waals surface area contributed by atoms with Crippen LogP contribution in [0.3, 0.4) is 0 Å². The second kappa shape index (κ2) is 5.05. The summed E-state index contributed by atoms with van der Waals surface area (Å²) in [6.45, 7) is 3.58. The van der Waals surface area contributed by atoms with E-state index in [0.717, 1.165) is 12.1 Å². The largest absolute Gasteiger partial charge is 0.329 e. The van der Waals surface area contributed by atoms with Gasteiger partial charge in [0.1, 0.15) is 0 Å². The van der Waals surface area contributed by atoms with E-state index < -0.39 is 0 Å². The highest BCUT2D eigenvalue weighted by Crippen LogP contribution is 2.15. The Bertz CT molecular complexity index is 462. The van der Waals surface area contributed by atoms with Gasteiger partial charge < -0.3 is 11.1 Å². The third-order valence-electron chi connectivity index (χ3n) is 2.73. The first-order chi connectivity index (χ1) is 7.81. The number of para-hydroxylation sites is 1. The maximum absolute atomic E-state index is 5.57. The predicted octanol–water partition coefficient (Wildman–Crippen LogP) is 1.67. The Balaban J connectivity index is 2.23. The molecule has 16 heavy (non-hydrogen) atoms. The number of hydrogen-bond donors (Lipinski definition) is 2. The summed E-state index contributed by atoms with van der Waals surface area (Å²) in [7, 11) is 0. The van der Waals surface area contributed by atoms with Crippen LogP contribution in [0.2, 0.25) is 0 Å². The van der Waals surface area contributed by atoms with Crippen LogP contribution in [0.15, 0.2) is 36.5 Å². The first-order valence-electron chi connectivity index (χ1n) is 5.57. The van der Waals surface area contributed by atoms with Crippen LogP contribution in [0, 0.1) is 0 Å². The number of pyridine rings is 1. The Morgan fingerprint density at radius 3 is 2.94 bits per heavy atom. The number of hydrogen-bond acceptors (Lipinski definition) is 3. The topological polar surface area (TPSA) is 50.9 Å². The van der Waals surface area contributed by atoms with Gasteiger partial charge in [-0.15, -0.1) is 0 Å². The second-order valence-corrected chi connectivity index (χ2v) is 4.00. The fourth-order valence-electron chi connectivity index (χ4n) is 1.68. The van der Waals surface area contributed by atoms with E-state index in [1.54, 1.807) is 0 Å². The van der Waals surface area contributed by atoms with Gasteiger partial charge >= 0.3 is 0 Å². The monoisotopic (exact) mass is 215 g/mol. The second-order valence-electron chi connectivity index (χ2n) is 4.00. The van der Waals surface area contributed by atoms with Gasteiger partial charge in [0.2, 0.25) is 0 Å². The van der Waals surface area contributed by atoms with Gasteiger partial charge in [0.15, 0.2) is 0 Å². The number of rotatable bonds is 4. The molecule has 0 bridgehead atoms. The van der Waals surface area contributed by atoms with Crippen molar-refractivity contribution in [2.75, 3.05) is 6.54 Å². The van der Waals surface area contributed by atoms with Gasteiger partial charge in [-0.25, -0.2) is 0 Å². The summed E-state index contributed by atoms with van der Waals surface area (Å²) in [4.78, 5) is 4.34. The molecule has 0 radical (unpaired) electrons. The van der Waals surface area contributed by atoms with Gasteiger partial charge in [-0.2, -0.15) is 0 Å². The van der Waals surface area contributed by atoms with Crippen LogP contribution >= 0.6 is 0 Å². The van der Waals surface area contributed by atoms with Crippen LogP contribution in [0.5, 0.6) is 0 Å². The minimum atomic E-state index is 0.340. The fraction of sp³-hybridized carbons (Fsp3) is 0.308. The Labute approximate surface area is 95.7 Å². The molecule has 1 aromatic heterocycles. The van der Waals surface area contributed by atoms with E-state index in [1.165, 1.54) is 10.9 Å². The summed E-state index contributed by atoms with van der Waals surface area (Å²) in [5, 5.41) is 4.60. The van der Waals surface area contributed by atoms with E-state index in [1.807, 2.05) is 24.4 Å². The first-order valence-corrected chi connectivity index (χ1v) is 5.57. The summed E-state index contributed by atoms with van der Waals surface area (Å²) in [6.07, 6.45) is 1.85. The van der Waals surface area contributed by atoms with Crippen LogP contribution in [0.4, 0.5) is 0 Å². The molecule has 0 saturated carbocycles. The maximum atomic E-state index is 5.57. The Hall–Kier alpha value is -1.45. The molecular formula is C13H17N3. The molecule has 0 aliphatic carbocycles. The van der Waals surface area contributed by atoms with Crippen LogP contribution in [0.1, 0.15) is 12.5 Å². The van der Waals surface area contributed by atoms with Crippen LogP contribution in [-0.2, 0) is 6.54 Å². The number of fused-ring (bicyclic) bond motifs is 1. The fourth-order valence-corrected chi connectivity index (χ4v) is 1.68. The summed E-state index contributed by atoms with van der Waals surface area (Å²) in [5.41, 5.74) is 7.89. The molecule has 0 aliphatic rings. The third-order valence-corrected chi connectivity index (χ3v) is 2.73. The van der Waals surface area contributed by atoms with E-state index in [4.69, 9.17) is 5.73 Å². The SMILES string of the molecule is CC(CN)NCc1ccnc2ccccc12. The number of benzene rings is 1. The average molecular weight is 215 g/mol. The lowest BCUT2D eigenvalue weighted by atomic mass is 10.1. The van der Waals surface area contributed by atoms with Crippen molar-refractivity contribution in [1.29, 1.82) is 0 Å². The number of nitrogens with one attached hydrogen (secondary N) is 1. The zero-order chi connectivity index (χ0) is 11.4. The number of aromatic nitrogens is 1. The van der Waals surface area contributed by atoms with Crippen LogP contribution in [0.25, 0.3) is 10.9 Å². The van der Waals surface area contributed by atoms with Gasteiger partial charge in [-0.1, -0.05) is 18.2 Å². The molecule has 0 aliphatic heterocycles. The molecule has 3 N–H and O–H groups in total. The first kappa shape index (κ1) is 11.0. The van der Waals surface area contributed by atoms with Gasteiger partial charge in [0.05, 0.1) is 5.52 Å². The van der Waals surface area contributed by atoms with Crippen molar-refractivity contribution in [3.63, 3.8) is 0 Å². The third kappa shape index (κ3) is 2.38. The molecule has 1 atom stereocenters. The molecule has 1 aromatic carbocycles. The van der Waals surface area contributed by atoms with Gasteiger partial charge in [-0.3, -0.25) is 4.98 Å². The highest BCUT2D eigenvalue weighted by atomic mass is 14.9. The molecule has 0 amide bonds. The molecule has 1 heterocycles. The summed E-state index contributed by atoms with van der Waals surface area (Å²) in [6, 6.07) is 10.6. The zero-order valence-electron chi connectivity index (χ0n) is 9.48. The van der Waals surface area contributed by atoms with Crippen LogP contribution < -0.4 is 11.1 Å². The molecule has 3 heteroatoms. The van der Waals surface area contributed by atoms with E-state index in [0.29, 0.717) is 12.6 Å². The minimum Gasteiger partial charge on any atom is -0.329 e. The van der Waals surface area contributed by atoms with Crippen molar-refractivity contribution < 1.29 is 0 Å². The van der Waals surface area contributed by atoms with Gasteiger partial charge in [0.25, 0.3) is 0 Å². The van der Waals surface area contributed by atoms with E-state index in [-0.39, 0.29) is 0 Å². The predicted molar refractivity (Wildman–Crippen MR) is 67.1 cm³/mol. The lowest BCUT2D eigenvalue weighted by Crippen LogP contribution is -2.32. The highest BCUT2D eigenvalue weighted by molar-refractivity contribution is 5.81. The Kier molecular flexibility index (Phi) is 3.49. The lowest BCUT2D eigenvalue weighted by Gasteiger charge is -2.12.